The van der Waals surface area contributed by atoms with E-state index in [1.807, 2.05) is 18.5 Å². The molecule has 1 atom stereocenters. The van der Waals surface area contributed by atoms with E-state index in [0.29, 0.717) is 6.04 Å². The first-order valence-electron chi connectivity index (χ1n) is 8.66. The lowest BCUT2D eigenvalue weighted by Gasteiger charge is -2.37. The predicted octanol–water partition coefficient (Wildman–Crippen LogP) is 2.43. The molecule has 0 spiro atoms. The molecule has 0 radical (unpaired) electrons. The SMILES string of the molecule is C[C@@H]1CNCCN1c1ccncc1NCc1ccc2nccnc2c1. The van der Waals surface area contributed by atoms with Gasteiger partial charge in [-0.2, -0.15) is 0 Å². The van der Waals surface area contributed by atoms with Gasteiger partial charge in [-0.1, -0.05) is 6.07 Å². The van der Waals surface area contributed by atoms with Crippen LogP contribution in [-0.2, 0) is 6.54 Å². The van der Waals surface area contributed by atoms with Gasteiger partial charge in [0, 0.05) is 50.8 Å². The van der Waals surface area contributed by atoms with Gasteiger partial charge in [0.25, 0.3) is 0 Å². The molecule has 0 bridgehead atoms. The van der Waals surface area contributed by atoms with Crippen molar-refractivity contribution < 1.29 is 0 Å². The van der Waals surface area contributed by atoms with Crippen molar-refractivity contribution >= 4 is 22.4 Å². The average molecular weight is 334 g/mol. The van der Waals surface area contributed by atoms with Crippen molar-refractivity contribution in [3.05, 3.63) is 54.6 Å². The maximum absolute atomic E-state index is 4.38. The molecule has 4 rings (SSSR count). The summed E-state index contributed by atoms with van der Waals surface area (Å²) in [6.07, 6.45) is 7.22. The molecule has 0 unspecified atom stereocenters. The number of fused-ring (bicyclic) bond motifs is 1. The second-order valence-corrected chi connectivity index (χ2v) is 6.37. The number of piperazine rings is 1. The summed E-state index contributed by atoms with van der Waals surface area (Å²) < 4.78 is 0. The quantitative estimate of drug-likeness (QED) is 0.764. The zero-order chi connectivity index (χ0) is 17.1. The molecule has 3 aromatic rings. The molecule has 1 aromatic carbocycles. The molecule has 0 amide bonds. The largest absolute Gasteiger partial charge is 0.378 e. The number of anilines is 2. The number of rotatable bonds is 4. The summed E-state index contributed by atoms with van der Waals surface area (Å²) in [6, 6.07) is 8.75. The Bertz CT molecular complexity index is 865. The molecule has 128 valence electrons. The van der Waals surface area contributed by atoms with Gasteiger partial charge in [0.1, 0.15) is 0 Å². The number of hydrogen-bond acceptors (Lipinski definition) is 6. The van der Waals surface area contributed by atoms with Gasteiger partial charge in [-0.05, 0) is 30.7 Å². The van der Waals surface area contributed by atoms with Gasteiger partial charge < -0.3 is 15.5 Å². The van der Waals surface area contributed by atoms with Crippen LogP contribution in [0.3, 0.4) is 0 Å². The molecule has 2 aromatic heterocycles. The van der Waals surface area contributed by atoms with Gasteiger partial charge in [-0.15, -0.1) is 0 Å². The van der Waals surface area contributed by atoms with Crippen molar-refractivity contribution in [2.24, 2.45) is 0 Å². The first kappa shape index (κ1) is 15.8. The third-order valence-corrected chi connectivity index (χ3v) is 4.63. The van der Waals surface area contributed by atoms with Gasteiger partial charge in [0.2, 0.25) is 0 Å². The highest BCUT2D eigenvalue weighted by atomic mass is 15.2. The Hall–Kier alpha value is -2.73. The summed E-state index contributed by atoms with van der Waals surface area (Å²) in [5, 5.41) is 6.98. The third kappa shape index (κ3) is 3.39. The summed E-state index contributed by atoms with van der Waals surface area (Å²) in [7, 11) is 0. The standard InChI is InChI=1S/C19H22N6/c1-14-11-21-8-9-25(14)19-4-5-20-13-18(19)24-12-15-2-3-16-17(10-15)23-7-6-22-16/h2-7,10,13-14,21,24H,8-9,11-12H2,1H3/t14-/m1/s1. The molecule has 6 nitrogen and oxygen atoms in total. The highest BCUT2D eigenvalue weighted by molar-refractivity contribution is 5.75. The summed E-state index contributed by atoms with van der Waals surface area (Å²) in [4.78, 5) is 15.4. The number of nitrogens with zero attached hydrogens (tertiary/aromatic N) is 4. The average Bonchev–Trinajstić information content (AvgIpc) is 2.67. The van der Waals surface area contributed by atoms with Crippen LogP contribution in [0.1, 0.15) is 12.5 Å². The van der Waals surface area contributed by atoms with Crippen molar-refractivity contribution in [2.45, 2.75) is 19.5 Å². The molecular weight excluding hydrogens is 312 g/mol. The van der Waals surface area contributed by atoms with Gasteiger partial charge in [0.15, 0.2) is 0 Å². The van der Waals surface area contributed by atoms with Crippen LogP contribution >= 0.6 is 0 Å². The lowest BCUT2D eigenvalue weighted by Crippen LogP contribution is -2.50. The first-order chi connectivity index (χ1) is 12.3. The molecule has 0 aliphatic carbocycles. The van der Waals surface area contributed by atoms with Crippen LogP contribution in [0.2, 0.25) is 0 Å². The maximum atomic E-state index is 4.38. The van der Waals surface area contributed by atoms with E-state index in [4.69, 9.17) is 0 Å². The lowest BCUT2D eigenvalue weighted by atomic mass is 10.1. The number of aromatic nitrogens is 3. The van der Waals surface area contributed by atoms with E-state index in [9.17, 15) is 0 Å². The predicted molar refractivity (Wildman–Crippen MR) is 101 cm³/mol. The van der Waals surface area contributed by atoms with Crippen molar-refractivity contribution in [3.63, 3.8) is 0 Å². The Morgan fingerprint density at radius 2 is 2.04 bits per heavy atom. The van der Waals surface area contributed by atoms with Crippen LogP contribution in [0.4, 0.5) is 11.4 Å². The topological polar surface area (TPSA) is 66.0 Å². The summed E-state index contributed by atoms with van der Waals surface area (Å²) in [5.74, 6) is 0. The van der Waals surface area contributed by atoms with Gasteiger partial charge >= 0.3 is 0 Å². The van der Waals surface area contributed by atoms with Crippen LogP contribution in [0.15, 0.2) is 49.1 Å². The summed E-state index contributed by atoms with van der Waals surface area (Å²) in [5.41, 5.74) is 5.29. The molecule has 1 aliphatic rings. The molecule has 2 N–H and O–H groups in total. The minimum absolute atomic E-state index is 0.465. The van der Waals surface area contributed by atoms with Gasteiger partial charge in [0.05, 0.1) is 28.6 Å². The minimum atomic E-state index is 0.465. The van der Waals surface area contributed by atoms with E-state index in [1.54, 1.807) is 12.4 Å². The van der Waals surface area contributed by atoms with E-state index in [1.165, 1.54) is 11.3 Å². The smallest absolute Gasteiger partial charge is 0.0890 e. The maximum Gasteiger partial charge on any atom is 0.0890 e. The number of benzene rings is 1. The van der Waals surface area contributed by atoms with Crippen molar-refractivity contribution in [1.82, 2.24) is 20.3 Å². The fourth-order valence-corrected chi connectivity index (χ4v) is 3.29. The van der Waals surface area contributed by atoms with Gasteiger partial charge in [-0.3, -0.25) is 15.0 Å². The fourth-order valence-electron chi connectivity index (χ4n) is 3.29. The zero-order valence-corrected chi connectivity index (χ0v) is 14.3. The van der Waals surface area contributed by atoms with E-state index in [0.717, 1.165) is 42.9 Å². The van der Waals surface area contributed by atoms with Gasteiger partial charge in [-0.25, -0.2) is 0 Å². The Kier molecular flexibility index (Phi) is 4.43. The van der Waals surface area contributed by atoms with Crippen LogP contribution in [0, 0.1) is 0 Å². The molecule has 1 saturated heterocycles. The highest BCUT2D eigenvalue weighted by Crippen LogP contribution is 2.27. The molecule has 6 heteroatoms. The fraction of sp³-hybridized carbons (Fsp3) is 0.316. The molecular formula is C19H22N6. The van der Waals surface area contributed by atoms with Crippen LogP contribution < -0.4 is 15.5 Å². The Labute approximate surface area is 147 Å². The second-order valence-electron chi connectivity index (χ2n) is 6.37. The van der Waals surface area contributed by atoms with E-state index >= 15 is 0 Å². The number of hydrogen-bond donors (Lipinski definition) is 2. The van der Waals surface area contributed by atoms with Crippen LogP contribution in [-0.4, -0.2) is 40.6 Å². The summed E-state index contributed by atoms with van der Waals surface area (Å²) in [6.45, 7) is 6.00. The van der Waals surface area contributed by atoms with E-state index < -0.39 is 0 Å². The van der Waals surface area contributed by atoms with E-state index in [2.05, 4.69) is 55.6 Å². The molecule has 25 heavy (non-hydrogen) atoms. The lowest BCUT2D eigenvalue weighted by molar-refractivity contribution is 0.501. The van der Waals surface area contributed by atoms with Crippen molar-refractivity contribution in [3.8, 4) is 0 Å². The Morgan fingerprint density at radius 1 is 1.16 bits per heavy atom. The Morgan fingerprint density at radius 3 is 2.92 bits per heavy atom. The summed E-state index contributed by atoms with van der Waals surface area (Å²) >= 11 is 0. The minimum Gasteiger partial charge on any atom is -0.378 e. The first-order valence-corrected chi connectivity index (χ1v) is 8.66. The van der Waals surface area contributed by atoms with E-state index in [-0.39, 0.29) is 0 Å². The van der Waals surface area contributed by atoms with Crippen molar-refractivity contribution in [2.75, 3.05) is 29.9 Å². The second kappa shape index (κ2) is 7.03. The van der Waals surface area contributed by atoms with Crippen LogP contribution in [0.5, 0.6) is 0 Å². The molecule has 1 fully saturated rings. The Balaban J connectivity index is 1.54. The molecule has 3 heterocycles. The number of nitrogens with one attached hydrogen (secondary N) is 2. The monoisotopic (exact) mass is 334 g/mol. The molecule has 1 aliphatic heterocycles. The van der Waals surface area contributed by atoms with Crippen LogP contribution in [0.25, 0.3) is 11.0 Å². The highest BCUT2D eigenvalue weighted by Gasteiger charge is 2.20. The number of pyridine rings is 1. The van der Waals surface area contributed by atoms with Crippen molar-refractivity contribution in [1.29, 1.82) is 0 Å². The molecule has 0 saturated carbocycles. The third-order valence-electron chi connectivity index (χ3n) is 4.63. The normalized spacial score (nSPS) is 17.6. The zero-order valence-electron chi connectivity index (χ0n) is 14.3.